The first-order valence-corrected chi connectivity index (χ1v) is 7.37. The summed E-state index contributed by atoms with van der Waals surface area (Å²) in [6.45, 7) is 0. The largest absolute Gasteiger partial charge is 0.0801 e. The summed E-state index contributed by atoms with van der Waals surface area (Å²) in [5.41, 5.74) is 5.37. The van der Waals surface area contributed by atoms with Gasteiger partial charge in [-0.3, -0.25) is 0 Å². The lowest BCUT2D eigenvalue weighted by molar-refractivity contribution is 1.26. The van der Waals surface area contributed by atoms with Gasteiger partial charge in [0.1, 0.15) is 0 Å². The Labute approximate surface area is 125 Å². The van der Waals surface area contributed by atoms with E-state index in [0.717, 1.165) is 6.42 Å². The highest BCUT2D eigenvalue weighted by Crippen LogP contribution is 2.33. The molecule has 0 unspecified atom stereocenters. The Hall–Kier alpha value is -2.60. The van der Waals surface area contributed by atoms with Crippen LogP contribution < -0.4 is 0 Å². The number of hydrogen-bond acceptors (Lipinski definition) is 0. The van der Waals surface area contributed by atoms with Crippen LogP contribution in [0, 0.1) is 0 Å². The highest BCUT2D eigenvalue weighted by molar-refractivity contribution is 5.98. The Morgan fingerprint density at radius 2 is 1.43 bits per heavy atom. The molecule has 0 saturated heterocycles. The van der Waals surface area contributed by atoms with Crippen molar-refractivity contribution in [3.8, 4) is 0 Å². The summed E-state index contributed by atoms with van der Waals surface area (Å²) in [5.74, 6) is 0. The lowest BCUT2D eigenvalue weighted by Crippen LogP contribution is -1.93. The van der Waals surface area contributed by atoms with E-state index < -0.39 is 0 Å². The topological polar surface area (TPSA) is 0 Å². The molecule has 0 aromatic heterocycles. The molecule has 21 heavy (non-hydrogen) atoms. The van der Waals surface area contributed by atoms with Crippen LogP contribution in [0.4, 0.5) is 0 Å². The number of allylic oxidation sites excluding steroid dienone is 3. The van der Waals surface area contributed by atoms with Gasteiger partial charge in [0.15, 0.2) is 0 Å². The number of fused-ring (bicyclic) bond motifs is 2. The molecular weight excluding hydrogens is 252 g/mol. The molecule has 1 aliphatic rings. The Balaban J connectivity index is 2.01. The van der Waals surface area contributed by atoms with Crippen molar-refractivity contribution in [2.24, 2.45) is 0 Å². The molecule has 0 aliphatic heterocycles. The third kappa shape index (κ3) is 2.09. The van der Waals surface area contributed by atoms with Crippen LogP contribution in [-0.4, -0.2) is 0 Å². The minimum Gasteiger partial charge on any atom is -0.0801 e. The van der Waals surface area contributed by atoms with E-state index in [0.29, 0.717) is 0 Å². The molecule has 0 fully saturated rings. The van der Waals surface area contributed by atoms with Crippen LogP contribution in [0.3, 0.4) is 0 Å². The summed E-state index contributed by atoms with van der Waals surface area (Å²) < 4.78 is 0. The second-order valence-corrected chi connectivity index (χ2v) is 5.40. The first-order valence-electron chi connectivity index (χ1n) is 7.37. The van der Waals surface area contributed by atoms with Crippen molar-refractivity contribution in [1.82, 2.24) is 0 Å². The first kappa shape index (κ1) is 12.2. The highest BCUT2D eigenvalue weighted by atomic mass is 14.2. The maximum absolute atomic E-state index is 2.24. The van der Waals surface area contributed by atoms with Crippen LogP contribution >= 0.6 is 0 Å². The summed E-state index contributed by atoms with van der Waals surface area (Å²) in [4.78, 5) is 0. The molecule has 3 aromatic carbocycles. The Kier molecular flexibility index (Phi) is 2.93. The number of hydrogen-bond donors (Lipinski definition) is 0. The molecule has 0 heterocycles. The summed E-state index contributed by atoms with van der Waals surface area (Å²) in [7, 11) is 0. The molecular formula is C21H16. The SMILES string of the molecule is C1=CCc2ccccc2C(c2cccc3ccccc23)=C1. The van der Waals surface area contributed by atoms with Gasteiger partial charge < -0.3 is 0 Å². The molecule has 0 N–H and O–H groups in total. The van der Waals surface area contributed by atoms with Gasteiger partial charge in [-0.15, -0.1) is 0 Å². The molecule has 100 valence electrons. The third-order valence-electron chi connectivity index (χ3n) is 4.12. The molecule has 0 atom stereocenters. The first-order chi connectivity index (χ1) is 10.4. The Morgan fingerprint density at radius 1 is 0.667 bits per heavy atom. The minimum absolute atomic E-state index is 1.00. The average molecular weight is 268 g/mol. The van der Waals surface area contributed by atoms with Crippen molar-refractivity contribution in [3.05, 3.63) is 102 Å². The van der Waals surface area contributed by atoms with Crippen molar-refractivity contribution in [2.75, 3.05) is 0 Å². The average Bonchev–Trinajstić information content (AvgIpc) is 2.77. The van der Waals surface area contributed by atoms with Gasteiger partial charge in [0.25, 0.3) is 0 Å². The Bertz CT molecular complexity index is 861. The monoisotopic (exact) mass is 268 g/mol. The van der Waals surface area contributed by atoms with Crippen LogP contribution in [0.1, 0.15) is 16.7 Å². The van der Waals surface area contributed by atoms with Crippen LogP contribution in [0.5, 0.6) is 0 Å². The van der Waals surface area contributed by atoms with Crippen molar-refractivity contribution in [3.63, 3.8) is 0 Å². The quantitative estimate of drug-likeness (QED) is 0.555. The van der Waals surface area contributed by atoms with E-state index in [4.69, 9.17) is 0 Å². The Morgan fingerprint density at radius 3 is 2.43 bits per heavy atom. The second-order valence-electron chi connectivity index (χ2n) is 5.40. The fraction of sp³-hybridized carbons (Fsp3) is 0.0476. The van der Waals surface area contributed by atoms with E-state index >= 15 is 0 Å². The molecule has 0 radical (unpaired) electrons. The molecule has 4 rings (SSSR count). The van der Waals surface area contributed by atoms with Crippen LogP contribution in [0.2, 0.25) is 0 Å². The van der Waals surface area contributed by atoms with E-state index in [1.807, 2.05) is 0 Å². The summed E-state index contributed by atoms with van der Waals surface area (Å²) >= 11 is 0. The van der Waals surface area contributed by atoms with E-state index in [2.05, 4.69) is 85.0 Å². The van der Waals surface area contributed by atoms with Gasteiger partial charge >= 0.3 is 0 Å². The lowest BCUT2D eigenvalue weighted by atomic mass is 9.90. The van der Waals surface area contributed by atoms with Gasteiger partial charge in [0.2, 0.25) is 0 Å². The zero-order valence-corrected chi connectivity index (χ0v) is 11.8. The number of rotatable bonds is 1. The van der Waals surface area contributed by atoms with Crippen molar-refractivity contribution in [2.45, 2.75) is 6.42 Å². The smallest absolute Gasteiger partial charge is 0.00882 e. The third-order valence-corrected chi connectivity index (χ3v) is 4.12. The zero-order valence-electron chi connectivity index (χ0n) is 11.8. The highest BCUT2D eigenvalue weighted by Gasteiger charge is 2.12. The van der Waals surface area contributed by atoms with Gasteiger partial charge in [-0.25, -0.2) is 0 Å². The predicted molar refractivity (Wildman–Crippen MR) is 90.3 cm³/mol. The van der Waals surface area contributed by atoms with Crippen LogP contribution in [0.25, 0.3) is 16.3 Å². The van der Waals surface area contributed by atoms with Gasteiger partial charge in [0.05, 0.1) is 0 Å². The van der Waals surface area contributed by atoms with Gasteiger partial charge in [-0.05, 0) is 39.5 Å². The maximum Gasteiger partial charge on any atom is -0.00882 e. The van der Waals surface area contributed by atoms with Crippen molar-refractivity contribution >= 4 is 16.3 Å². The molecule has 3 aromatic rings. The molecule has 0 saturated carbocycles. The van der Waals surface area contributed by atoms with Crippen molar-refractivity contribution in [1.29, 1.82) is 0 Å². The van der Waals surface area contributed by atoms with E-state index in [1.54, 1.807) is 0 Å². The minimum atomic E-state index is 1.00. The van der Waals surface area contributed by atoms with Gasteiger partial charge in [-0.1, -0.05) is 85.0 Å². The molecule has 0 heteroatoms. The summed E-state index contributed by atoms with van der Waals surface area (Å²) in [5, 5.41) is 2.61. The lowest BCUT2D eigenvalue weighted by Gasteiger charge is -2.13. The van der Waals surface area contributed by atoms with Crippen LogP contribution in [-0.2, 0) is 6.42 Å². The standard InChI is InChI=1S/C21H16/c1-4-12-18-16(8-1)9-3-6-14-20(18)21-15-7-11-17-10-2-5-13-19(17)21/h1-8,10-15H,9H2. The molecule has 0 bridgehead atoms. The fourth-order valence-corrected chi connectivity index (χ4v) is 3.11. The fourth-order valence-electron chi connectivity index (χ4n) is 3.11. The predicted octanol–water partition coefficient (Wildman–Crippen LogP) is 5.38. The second kappa shape index (κ2) is 5.06. The summed E-state index contributed by atoms with van der Waals surface area (Å²) in [6, 6.07) is 23.9. The zero-order chi connectivity index (χ0) is 14.1. The van der Waals surface area contributed by atoms with Gasteiger partial charge in [0, 0.05) is 0 Å². The maximum atomic E-state index is 2.24. The van der Waals surface area contributed by atoms with Gasteiger partial charge in [-0.2, -0.15) is 0 Å². The normalized spacial score (nSPS) is 13.6. The van der Waals surface area contributed by atoms with Crippen molar-refractivity contribution < 1.29 is 0 Å². The molecule has 0 spiro atoms. The molecule has 1 aliphatic carbocycles. The van der Waals surface area contributed by atoms with E-state index in [9.17, 15) is 0 Å². The molecule has 0 nitrogen and oxygen atoms in total. The van der Waals surface area contributed by atoms with E-state index in [1.165, 1.54) is 33.0 Å². The van der Waals surface area contributed by atoms with E-state index in [-0.39, 0.29) is 0 Å². The number of benzene rings is 3. The summed E-state index contributed by atoms with van der Waals surface area (Å²) in [6.07, 6.45) is 7.66. The van der Waals surface area contributed by atoms with Crippen LogP contribution in [0.15, 0.2) is 85.0 Å². The molecule has 0 amide bonds.